The lowest BCUT2D eigenvalue weighted by molar-refractivity contribution is 0.541. The van der Waals surface area contributed by atoms with Gasteiger partial charge in [0.05, 0.1) is 17.9 Å². The first-order valence-electron chi connectivity index (χ1n) is 6.69. The summed E-state index contributed by atoms with van der Waals surface area (Å²) in [6.45, 7) is 4.83. The number of nitrogens with one attached hydrogen (secondary N) is 1. The molecule has 2 aromatic heterocycles. The molecule has 4 nitrogen and oxygen atoms in total. The van der Waals surface area contributed by atoms with Crippen LogP contribution in [-0.2, 0) is 6.54 Å². The van der Waals surface area contributed by atoms with Gasteiger partial charge in [0, 0.05) is 11.4 Å². The van der Waals surface area contributed by atoms with Crippen molar-refractivity contribution in [2.45, 2.75) is 39.3 Å². The smallest absolute Gasteiger partial charge is 0.283 e. The number of rotatable bonds is 6. The normalized spacial score (nSPS) is 12.3. The number of aromatic nitrogens is 2. The predicted molar refractivity (Wildman–Crippen MR) is 87.5 cm³/mol. The van der Waals surface area contributed by atoms with Crippen molar-refractivity contribution in [1.29, 1.82) is 0 Å². The van der Waals surface area contributed by atoms with Crippen LogP contribution in [-0.4, -0.2) is 9.78 Å². The van der Waals surface area contributed by atoms with Gasteiger partial charge in [0.25, 0.3) is 5.56 Å². The summed E-state index contributed by atoms with van der Waals surface area (Å²) in [5.74, 6) is 0. The zero-order chi connectivity index (χ0) is 14.5. The van der Waals surface area contributed by atoms with E-state index in [0.717, 1.165) is 18.5 Å². The zero-order valence-corrected chi connectivity index (χ0v) is 14.0. The number of nitrogens with zero attached hydrogens (tertiary/aromatic N) is 2. The van der Waals surface area contributed by atoms with Gasteiger partial charge in [-0.1, -0.05) is 19.4 Å². The molecule has 20 heavy (non-hydrogen) atoms. The molecule has 2 rings (SSSR count). The topological polar surface area (TPSA) is 46.9 Å². The Morgan fingerprint density at radius 1 is 1.55 bits per heavy atom. The Balaban J connectivity index is 2.17. The van der Waals surface area contributed by atoms with Crippen LogP contribution in [0.25, 0.3) is 0 Å². The van der Waals surface area contributed by atoms with E-state index in [9.17, 15) is 4.79 Å². The molecule has 1 unspecified atom stereocenters. The Hall–Kier alpha value is -1.14. The van der Waals surface area contributed by atoms with E-state index in [1.54, 1.807) is 17.5 Å². The minimum atomic E-state index is -0.0816. The largest absolute Gasteiger partial charge is 0.375 e. The first kappa shape index (κ1) is 15.3. The van der Waals surface area contributed by atoms with E-state index in [2.05, 4.69) is 46.3 Å². The Kier molecular flexibility index (Phi) is 5.37. The maximum atomic E-state index is 12.2. The van der Waals surface area contributed by atoms with Crippen LogP contribution in [0.3, 0.4) is 0 Å². The maximum absolute atomic E-state index is 12.2. The quantitative estimate of drug-likeness (QED) is 0.850. The first-order valence-corrected chi connectivity index (χ1v) is 8.36. The number of halogens is 1. The molecular weight excluding hydrogens is 338 g/mol. The Labute approximate surface area is 131 Å². The third-order valence-corrected chi connectivity index (χ3v) is 4.87. The molecule has 0 radical (unpaired) electrons. The maximum Gasteiger partial charge on any atom is 0.283 e. The van der Waals surface area contributed by atoms with Crippen LogP contribution in [0, 0.1) is 0 Å². The molecule has 0 aromatic carbocycles. The van der Waals surface area contributed by atoms with E-state index in [1.807, 2.05) is 11.4 Å². The third kappa shape index (κ3) is 3.49. The highest BCUT2D eigenvalue weighted by atomic mass is 79.9. The van der Waals surface area contributed by atoms with E-state index in [0.29, 0.717) is 11.0 Å². The summed E-state index contributed by atoms with van der Waals surface area (Å²) in [6, 6.07) is 4.25. The molecule has 0 aliphatic heterocycles. The van der Waals surface area contributed by atoms with Gasteiger partial charge in [-0.05, 0) is 40.7 Å². The van der Waals surface area contributed by atoms with Crippen molar-refractivity contribution < 1.29 is 0 Å². The van der Waals surface area contributed by atoms with Crippen LogP contribution in [0.2, 0.25) is 0 Å². The lowest BCUT2D eigenvalue weighted by Gasteiger charge is -2.15. The van der Waals surface area contributed by atoms with Crippen molar-refractivity contribution in [3.63, 3.8) is 0 Å². The summed E-state index contributed by atoms with van der Waals surface area (Å²) in [6.07, 6.45) is 3.71. The molecule has 0 fully saturated rings. The van der Waals surface area contributed by atoms with Gasteiger partial charge in [0.1, 0.15) is 4.47 Å². The van der Waals surface area contributed by atoms with Gasteiger partial charge in [0.2, 0.25) is 0 Å². The van der Waals surface area contributed by atoms with Gasteiger partial charge < -0.3 is 5.32 Å². The number of hydrogen-bond acceptors (Lipinski definition) is 4. The van der Waals surface area contributed by atoms with Crippen LogP contribution < -0.4 is 10.9 Å². The van der Waals surface area contributed by atoms with Gasteiger partial charge in [-0.25, -0.2) is 4.68 Å². The highest BCUT2D eigenvalue weighted by Gasteiger charge is 2.12. The van der Waals surface area contributed by atoms with Gasteiger partial charge in [-0.3, -0.25) is 4.79 Å². The summed E-state index contributed by atoms with van der Waals surface area (Å²) < 4.78 is 2.06. The fourth-order valence-electron chi connectivity index (χ4n) is 1.87. The van der Waals surface area contributed by atoms with Gasteiger partial charge in [-0.2, -0.15) is 5.10 Å². The van der Waals surface area contributed by atoms with Crippen LogP contribution in [0.15, 0.2) is 33.0 Å². The molecule has 0 saturated carbocycles. The third-order valence-electron chi connectivity index (χ3n) is 3.05. The van der Waals surface area contributed by atoms with Gasteiger partial charge in [-0.15, -0.1) is 11.3 Å². The molecule has 1 N–H and O–H groups in total. The SMILES string of the molecule is CCCCn1ncc(NC(C)c2cccs2)c(Br)c1=O. The number of thiophene rings is 1. The molecular formula is C14H18BrN3OS. The molecule has 0 amide bonds. The zero-order valence-electron chi connectivity index (χ0n) is 11.6. The van der Waals surface area contributed by atoms with Crippen LogP contribution in [0.4, 0.5) is 5.69 Å². The van der Waals surface area contributed by atoms with Crippen molar-refractivity contribution in [2.75, 3.05) is 5.32 Å². The molecule has 108 valence electrons. The molecule has 0 spiro atoms. The van der Waals surface area contributed by atoms with E-state index >= 15 is 0 Å². The second kappa shape index (κ2) is 7.04. The van der Waals surface area contributed by atoms with Gasteiger partial charge >= 0.3 is 0 Å². The van der Waals surface area contributed by atoms with Crippen molar-refractivity contribution in [2.24, 2.45) is 0 Å². The molecule has 2 heterocycles. The average Bonchev–Trinajstić information content (AvgIpc) is 2.97. The second-order valence-electron chi connectivity index (χ2n) is 4.64. The van der Waals surface area contributed by atoms with Crippen molar-refractivity contribution in [3.05, 3.63) is 43.4 Å². The van der Waals surface area contributed by atoms with Crippen LogP contribution >= 0.6 is 27.3 Å². The molecule has 0 bridgehead atoms. The molecule has 6 heteroatoms. The Bertz CT molecular complexity index is 609. The average molecular weight is 356 g/mol. The number of aryl methyl sites for hydroxylation is 1. The van der Waals surface area contributed by atoms with Crippen LogP contribution in [0.5, 0.6) is 0 Å². The summed E-state index contributed by atoms with van der Waals surface area (Å²) >= 11 is 5.08. The van der Waals surface area contributed by atoms with Gasteiger partial charge in [0.15, 0.2) is 0 Å². The molecule has 0 saturated heterocycles. The highest BCUT2D eigenvalue weighted by Crippen LogP contribution is 2.25. The standard InChI is InChI=1S/C14H18BrN3OS/c1-3-4-7-18-14(19)13(15)11(9-16-18)17-10(2)12-6-5-8-20-12/h5-6,8-10,17H,3-4,7H2,1-2H3. The van der Waals surface area contributed by atoms with E-state index in [4.69, 9.17) is 0 Å². The van der Waals surface area contributed by atoms with E-state index < -0.39 is 0 Å². The van der Waals surface area contributed by atoms with Crippen molar-refractivity contribution >= 4 is 33.0 Å². The Morgan fingerprint density at radius 2 is 2.35 bits per heavy atom. The minimum Gasteiger partial charge on any atom is -0.375 e. The van der Waals surface area contributed by atoms with E-state index in [1.165, 1.54) is 9.56 Å². The summed E-state index contributed by atoms with van der Waals surface area (Å²) in [7, 11) is 0. The van der Waals surface area contributed by atoms with Crippen LogP contribution in [0.1, 0.15) is 37.6 Å². The molecule has 1 atom stereocenters. The monoisotopic (exact) mass is 355 g/mol. The molecule has 0 aliphatic rings. The highest BCUT2D eigenvalue weighted by molar-refractivity contribution is 9.10. The Morgan fingerprint density at radius 3 is 3.00 bits per heavy atom. The summed E-state index contributed by atoms with van der Waals surface area (Å²) in [5, 5.41) is 9.60. The first-order chi connectivity index (χ1) is 9.63. The lowest BCUT2D eigenvalue weighted by Crippen LogP contribution is -2.25. The van der Waals surface area contributed by atoms with Crippen molar-refractivity contribution in [3.8, 4) is 0 Å². The van der Waals surface area contributed by atoms with E-state index in [-0.39, 0.29) is 11.6 Å². The summed E-state index contributed by atoms with van der Waals surface area (Å²) in [4.78, 5) is 13.4. The fraction of sp³-hybridized carbons (Fsp3) is 0.429. The number of unbranched alkanes of at least 4 members (excludes halogenated alkanes) is 1. The number of hydrogen-bond donors (Lipinski definition) is 1. The second-order valence-corrected chi connectivity index (χ2v) is 6.41. The minimum absolute atomic E-state index is 0.0816. The predicted octanol–water partition coefficient (Wildman–Crippen LogP) is 4.04. The number of anilines is 1. The molecule has 2 aromatic rings. The van der Waals surface area contributed by atoms with Crippen molar-refractivity contribution in [1.82, 2.24) is 9.78 Å². The summed E-state index contributed by atoms with van der Waals surface area (Å²) in [5.41, 5.74) is 0.658. The lowest BCUT2D eigenvalue weighted by atomic mass is 10.2. The molecule has 0 aliphatic carbocycles. The fourth-order valence-corrected chi connectivity index (χ4v) is 3.03.